The van der Waals surface area contributed by atoms with Gasteiger partial charge in [0.1, 0.15) is 25.8 Å². The zero-order valence-corrected chi connectivity index (χ0v) is 24.9. The Hall–Kier alpha value is -2.37. The van der Waals surface area contributed by atoms with Gasteiger partial charge in [0.2, 0.25) is 0 Å². The number of ether oxygens (including phenoxy) is 4. The first-order valence-corrected chi connectivity index (χ1v) is 15.0. The lowest BCUT2D eigenvalue weighted by molar-refractivity contribution is -0.193. The summed E-state index contributed by atoms with van der Waals surface area (Å²) in [7, 11) is 0.147. The number of carbonyl (C=O) groups is 1. The van der Waals surface area contributed by atoms with Gasteiger partial charge < -0.3 is 33.6 Å². The Labute approximate surface area is 233 Å². The number of methoxy groups -OCH3 is 2. The minimum absolute atomic E-state index is 0.0250. The summed E-state index contributed by atoms with van der Waals surface area (Å²) in [6, 6.07) is 20.5. The Morgan fingerprint density at radius 2 is 1.44 bits per heavy atom. The third kappa shape index (κ3) is 9.35. The lowest BCUT2D eigenvalue weighted by atomic mass is 9.97. The Morgan fingerprint density at radius 3 is 1.90 bits per heavy atom. The van der Waals surface area contributed by atoms with E-state index in [-0.39, 0.29) is 37.6 Å². The summed E-state index contributed by atoms with van der Waals surface area (Å²) in [6.45, 7) is 8.44. The van der Waals surface area contributed by atoms with Crippen LogP contribution in [0, 0.1) is 5.92 Å². The van der Waals surface area contributed by atoms with Gasteiger partial charge in [0.15, 0.2) is 0 Å². The molecule has 39 heavy (non-hydrogen) atoms. The van der Waals surface area contributed by atoms with Crippen LogP contribution in [0.1, 0.15) is 34.1 Å². The molecule has 0 aliphatic rings. The highest BCUT2D eigenvalue weighted by Gasteiger charge is 2.51. The first-order chi connectivity index (χ1) is 18.6. The molecule has 0 fully saturated rings. The van der Waals surface area contributed by atoms with Crippen molar-refractivity contribution < 1.29 is 38.4 Å². The van der Waals surface area contributed by atoms with Crippen molar-refractivity contribution >= 4 is 24.7 Å². The molecule has 2 rings (SSSR count). The third-order valence-corrected chi connectivity index (χ3v) is 11.6. The molecular weight excluding hydrogens is 516 g/mol. The maximum atomic E-state index is 11.2. The second-order valence-corrected chi connectivity index (χ2v) is 14.9. The van der Waals surface area contributed by atoms with Crippen molar-refractivity contribution in [3.05, 3.63) is 72.8 Å². The second-order valence-electron chi connectivity index (χ2n) is 10.6. The zero-order valence-electron chi connectivity index (χ0n) is 23.9. The van der Waals surface area contributed by atoms with Crippen molar-refractivity contribution in [1.82, 2.24) is 0 Å². The lowest BCUT2D eigenvalue weighted by Gasteiger charge is -2.44. The fraction of sp³-hybridized carbons (Fsp3) is 0.500. The van der Waals surface area contributed by atoms with Crippen LogP contribution in [-0.4, -0.2) is 77.2 Å². The van der Waals surface area contributed by atoms with E-state index < -0.39 is 32.6 Å². The molecule has 2 N–H and O–H groups in total. The Balaban J connectivity index is 2.48. The molecule has 0 heterocycles. The number of carboxylic acid groups (broad SMARTS) is 1. The fourth-order valence-electron chi connectivity index (χ4n) is 4.81. The third-order valence-electron chi connectivity index (χ3n) is 6.59. The van der Waals surface area contributed by atoms with E-state index in [0.717, 1.165) is 16.4 Å². The molecule has 2 aromatic carbocycles. The summed E-state index contributed by atoms with van der Waals surface area (Å²) in [5.74, 6) is -1.26. The molecule has 0 aromatic heterocycles. The zero-order chi connectivity index (χ0) is 28.9. The molecule has 216 valence electrons. The molecule has 0 unspecified atom stereocenters. The van der Waals surface area contributed by atoms with Crippen LogP contribution in [0.4, 0.5) is 0 Å². The normalized spacial score (nSPS) is 15.7. The largest absolute Gasteiger partial charge is 0.478 e. The number of aliphatic carboxylic acids is 1. The number of hydrogen-bond acceptors (Lipinski definition) is 7. The van der Waals surface area contributed by atoms with Crippen molar-refractivity contribution in [1.29, 1.82) is 0 Å². The van der Waals surface area contributed by atoms with Gasteiger partial charge in [-0.2, -0.15) is 0 Å². The van der Waals surface area contributed by atoms with Gasteiger partial charge in [0.25, 0.3) is 8.32 Å². The summed E-state index contributed by atoms with van der Waals surface area (Å²) < 4.78 is 29.4. The highest BCUT2D eigenvalue weighted by molar-refractivity contribution is 6.99. The minimum atomic E-state index is -2.89. The average molecular weight is 561 g/mol. The number of allylic oxidation sites excluding steroid dienone is 1. The molecule has 4 atom stereocenters. The maximum absolute atomic E-state index is 11.2. The van der Waals surface area contributed by atoms with Crippen LogP contribution in [0.3, 0.4) is 0 Å². The van der Waals surface area contributed by atoms with E-state index in [1.165, 1.54) is 14.2 Å². The van der Waals surface area contributed by atoms with E-state index in [9.17, 15) is 9.90 Å². The first kappa shape index (κ1) is 32.8. The second kappa shape index (κ2) is 16.0. The number of carboxylic acids is 1. The summed E-state index contributed by atoms with van der Waals surface area (Å²) in [5, 5.41) is 22.2. The average Bonchev–Trinajstić information content (AvgIpc) is 2.91. The molecular formula is C30H44O8Si. The van der Waals surface area contributed by atoms with E-state index in [4.69, 9.17) is 28.5 Å². The van der Waals surface area contributed by atoms with Gasteiger partial charge in [-0.25, -0.2) is 4.79 Å². The van der Waals surface area contributed by atoms with Crippen molar-refractivity contribution in [3.63, 3.8) is 0 Å². The first-order valence-electron chi connectivity index (χ1n) is 13.1. The molecule has 9 heteroatoms. The standard InChI is InChI=1S/C30H44O8Si/c1-23(17-18-28(32)33)19-26(31)29(37-22-35-6)27(36-21-34-5)20-38-39(30(2,3)4,24-13-9-7-10-14-24)25-15-11-8-12-16-25/h7-18,23,26-27,29,31H,19-22H2,1-6H3,(H,32,33)/b18-17+/t23-,26+,27+,29-/m0/s1. The summed E-state index contributed by atoms with van der Waals surface area (Å²) in [6.07, 6.45) is 0.366. The Bertz CT molecular complexity index is 954. The lowest BCUT2D eigenvalue weighted by Crippen LogP contribution is -2.67. The Kier molecular flexibility index (Phi) is 13.5. The molecule has 0 aliphatic carbocycles. The topological polar surface area (TPSA) is 104 Å². The summed E-state index contributed by atoms with van der Waals surface area (Å²) in [5.41, 5.74) is 0. The van der Waals surface area contributed by atoms with Gasteiger partial charge >= 0.3 is 5.97 Å². The van der Waals surface area contributed by atoms with Gasteiger partial charge in [0, 0.05) is 20.3 Å². The van der Waals surface area contributed by atoms with E-state index >= 15 is 0 Å². The molecule has 2 aromatic rings. The van der Waals surface area contributed by atoms with Crippen molar-refractivity contribution in [3.8, 4) is 0 Å². The fourth-order valence-corrected chi connectivity index (χ4v) is 9.38. The van der Waals surface area contributed by atoms with Crippen molar-refractivity contribution in [2.45, 2.75) is 57.5 Å². The van der Waals surface area contributed by atoms with Crippen LogP contribution in [0.15, 0.2) is 72.8 Å². The molecule has 0 aliphatic heterocycles. The van der Waals surface area contributed by atoms with Crippen LogP contribution >= 0.6 is 0 Å². The van der Waals surface area contributed by atoms with Gasteiger partial charge in [0.05, 0.1) is 12.7 Å². The van der Waals surface area contributed by atoms with Crippen LogP contribution in [0.5, 0.6) is 0 Å². The number of aliphatic hydroxyl groups is 1. The number of aliphatic hydroxyl groups excluding tert-OH is 1. The predicted octanol–water partition coefficient (Wildman–Crippen LogP) is 3.57. The molecule has 0 saturated carbocycles. The quantitative estimate of drug-likeness (QED) is 0.172. The van der Waals surface area contributed by atoms with Crippen molar-refractivity contribution in [2.24, 2.45) is 5.92 Å². The number of hydrogen-bond donors (Lipinski definition) is 2. The summed E-state index contributed by atoms with van der Waals surface area (Å²) in [4.78, 5) is 10.9. The molecule has 0 bridgehead atoms. The smallest absolute Gasteiger partial charge is 0.327 e. The molecule has 0 spiro atoms. The van der Waals surface area contributed by atoms with Gasteiger partial charge in [-0.3, -0.25) is 0 Å². The SMILES string of the molecule is COCO[C@@H]([C@H](O)C[C@@H](C)/C=C/C(=O)O)[C@@H](CO[Si](c1ccccc1)(c1ccccc1)C(C)(C)C)OCOC. The number of benzene rings is 2. The Morgan fingerprint density at radius 1 is 0.923 bits per heavy atom. The molecule has 0 radical (unpaired) electrons. The van der Waals surface area contributed by atoms with Gasteiger partial charge in [-0.1, -0.05) is 94.4 Å². The molecule has 8 nitrogen and oxygen atoms in total. The molecule has 0 saturated heterocycles. The van der Waals surface area contributed by atoms with Gasteiger partial charge in [-0.05, 0) is 27.8 Å². The molecule has 0 amide bonds. The van der Waals surface area contributed by atoms with E-state index in [1.807, 2.05) is 43.3 Å². The van der Waals surface area contributed by atoms with Crippen LogP contribution in [0.25, 0.3) is 0 Å². The van der Waals surface area contributed by atoms with Crippen LogP contribution in [0.2, 0.25) is 5.04 Å². The van der Waals surface area contributed by atoms with E-state index in [1.54, 1.807) is 6.08 Å². The van der Waals surface area contributed by atoms with Crippen LogP contribution < -0.4 is 10.4 Å². The summed E-state index contributed by atoms with van der Waals surface area (Å²) >= 11 is 0. The van der Waals surface area contributed by atoms with Gasteiger partial charge in [-0.15, -0.1) is 0 Å². The monoisotopic (exact) mass is 560 g/mol. The highest BCUT2D eigenvalue weighted by Crippen LogP contribution is 2.37. The minimum Gasteiger partial charge on any atom is -0.478 e. The van der Waals surface area contributed by atoms with E-state index in [2.05, 4.69) is 45.0 Å². The predicted molar refractivity (Wildman–Crippen MR) is 154 cm³/mol. The maximum Gasteiger partial charge on any atom is 0.327 e. The highest BCUT2D eigenvalue weighted by atomic mass is 28.4. The van der Waals surface area contributed by atoms with Crippen LogP contribution in [-0.2, 0) is 28.2 Å². The number of rotatable bonds is 17. The van der Waals surface area contributed by atoms with E-state index in [0.29, 0.717) is 0 Å². The van der Waals surface area contributed by atoms with Crippen molar-refractivity contribution in [2.75, 3.05) is 34.4 Å².